The summed E-state index contributed by atoms with van der Waals surface area (Å²) in [6.07, 6.45) is -0.508. The summed E-state index contributed by atoms with van der Waals surface area (Å²) in [7, 11) is 0. The van der Waals surface area contributed by atoms with Crippen LogP contribution in [0.4, 0.5) is 8.78 Å². The normalized spacial score (nSPS) is 17.7. The molecular formula is C29H26F2N2O3. The van der Waals surface area contributed by atoms with E-state index in [2.05, 4.69) is 4.90 Å². The third kappa shape index (κ3) is 4.65. The van der Waals surface area contributed by atoms with Crippen LogP contribution in [0.5, 0.6) is 17.2 Å². The molecule has 2 aliphatic rings. The van der Waals surface area contributed by atoms with Crippen molar-refractivity contribution in [3.8, 4) is 23.3 Å². The summed E-state index contributed by atoms with van der Waals surface area (Å²) in [6, 6.07) is 18.9. The van der Waals surface area contributed by atoms with E-state index in [0.29, 0.717) is 17.9 Å². The molecule has 36 heavy (non-hydrogen) atoms. The second kappa shape index (κ2) is 10.00. The fraction of sp³-hybridized carbons (Fsp3) is 0.276. The van der Waals surface area contributed by atoms with Gasteiger partial charge in [0.15, 0.2) is 0 Å². The van der Waals surface area contributed by atoms with Crippen molar-refractivity contribution in [3.63, 3.8) is 0 Å². The van der Waals surface area contributed by atoms with Crippen LogP contribution in [0.1, 0.15) is 35.3 Å². The van der Waals surface area contributed by atoms with Gasteiger partial charge >= 0.3 is 0 Å². The van der Waals surface area contributed by atoms with Gasteiger partial charge < -0.3 is 14.6 Å². The van der Waals surface area contributed by atoms with E-state index in [9.17, 15) is 19.1 Å². The summed E-state index contributed by atoms with van der Waals surface area (Å²) in [6.45, 7) is 4.50. The quantitative estimate of drug-likeness (QED) is 0.459. The average molecular weight is 489 g/mol. The van der Waals surface area contributed by atoms with Crippen LogP contribution in [0.3, 0.4) is 0 Å². The number of phenolic OH excluding ortho intramolecular Hbond substituents is 1. The number of nitriles is 1. The summed E-state index contributed by atoms with van der Waals surface area (Å²) >= 11 is 0. The lowest BCUT2D eigenvalue weighted by molar-refractivity contribution is 0.0668. The standard InChI is InChI=1S/C29H26F2N2O3/c1-18-25-13-23(34)5-9-27(25)36-29(28(18)21-4-8-26(31)22(12-21)15-32)20-2-6-24(7-3-20)35-11-10-33-16-19(14-30)17-33/h2-9,12-13,19,29,34H,10-11,14,16-17H2,1H3/t29-/m0/s1. The molecule has 1 saturated heterocycles. The van der Waals surface area contributed by atoms with E-state index >= 15 is 0 Å². The molecule has 184 valence electrons. The topological polar surface area (TPSA) is 65.7 Å². The van der Waals surface area contributed by atoms with Crippen molar-refractivity contribution >= 4 is 11.1 Å². The van der Waals surface area contributed by atoms with Gasteiger partial charge in [0.25, 0.3) is 0 Å². The van der Waals surface area contributed by atoms with Crippen LogP contribution in [0.15, 0.2) is 60.7 Å². The lowest BCUT2D eigenvalue weighted by Crippen LogP contribution is -2.49. The van der Waals surface area contributed by atoms with Crippen molar-refractivity contribution in [2.75, 3.05) is 32.9 Å². The van der Waals surface area contributed by atoms with Gasteiger partial charge in [-0.2, -0.15) is 5.26 Å². The first-order chi connectivity index (χ1) is 17.5. The molecule has 1 atom stereocenters. The van der Waals surface area contributed by atoms with Crippen LogP contribution in [0.2, 0.25) is 0 Å². The van der Waals surface area contributed by atoms with E-state index in [1.165, 1.54) is 12.1 Å². The second-order valence-electron chi connectivity index (χ2n) is 9.22. The maximum atomic E-state index is 14.1. The van der Waals surface area contributed by atoms with E-state index in [-0.39, 0.29) is 23.9 Å². The number of benzene rings is 3. The van der Waals surface area contributed by atoms with Crippen molar-refractivity contribution < 1.29 is 23.4 Å². The Balaban J connectivity index is 1.42. The molecule has 0 unspecified atom stereocenters. The van der Waals surface area contributed by atoms with Crippen LogP contribution in [-0.4, -0.2) is 42.9 Å². The van der Waals surface area contributed by atoms with Crippen LogP contribution in [-0.2, 0) is 0 Å². The first-order valence-electron chi connectivity index (χ1n) is 11.9. The highest BCUT2D eigenvalue weighted by atomic mass is 19.1. The van der Waals surface area contributed by atoms with Gasteiger partial charge in [-0.25, -0.2) is 4.39 Å². The Morgan fingerprint density at radius 1 is 1.11 bits per heavy atom. The molecule has 2 aliphatic heterocycles. The third-order valence-corrected chi connectivity index (χ3v) is 6.79. The Morgan fingerprint density at radius 2 is 1.89 bits per heavy atom. The Morgan fingerprint density at radius 3 is 2.61 bits per heavy atom. The van der Waals surface area contributed by atoms with Crippen molar-refractivity contribution in [2.24, 2.45) is 5.92 Å². The maximum absolute atomic E-state index is 14.1. The fourth-order valence-electron chi connectivity index (χ4n) is 4.81. The molecule has 5 nitrogen and oxygen atoms in total. The SMILES string of the molecule is CC1=C(c2ccc(F)c(C#N)c2)[C@H](c2ccc(OCCN3CC(CF)C3)cc2)Oc2ccc(O)cc21. The Kier molecular flexibility index (Phi) is 6.62. The van der Waals surface area contributed by atoms with Crippen LogP contribution in [0, 0.1) is 23.1 Å². The van der Waals surface area contributed by atoms with Crippen molar-refractivity contribution in [2.45, 2.75) is 13.0 Å². The highest BCUT2D eigenvalue weighted by Crippen LogP contribution is 2.47. The Bertz CT molecular complexity index is 1340. The Hall–Kier alpha value is -3.89. The van der Waals surface area contributed by atoms with Crippen molar-refractivity contribution in [3.05, 3.63) is 88.7 Å². The molecule has 0 bridgehead atoms. The van der Waals surface area contributed by atoms with Crippen molar-refractivity contribution in [1.29, 1.82) is 5.26 Å². The lowest BCUT2D eigenvalue weighted by Gasteiger charge is -2.37. The number of likely N-dealkylation sites (tertiary alicyclic amines) is 1. The van der Waals surface area contributed by atoms with Gasteiger partial charge in [-0.1, -0.05) is 18.2 Å². The number of hydrogen-bond donors (Lipinski definition) is 1. The number of hydrogen-bond acceptors (Lipinski definition) is 5. The number of aromatic hydroxyl groups is 1. The number of halogens is 2. The zero-order chi connectivity index (χ0) is 25.2. The van der Waals surface area contributed by atoms with Crippen LogP contribution < -0.4 is 9.47 Å². The predicted molar refractivity (Wildman–Crippen MR) is 133 cm³/mol. The molecule has 0 aliphatic carbocycles. The van der Waals surface area contributed by atoms with E-state index in [1.807, 2.05) is 37.3 Å². The fourth-order valence-corrected chi connectivity index (χ4v) is 4.81. The van der Waals surface area contributed by atoms with E-state index in [1.54, 1.807) is 24.3 Å². The lowest BCUT2D eigenvalue weighted by atomic mass is 9.85. The molecule has 7 heteroatoms. The average Bonchev–Trinajstić information content (AvgIpc) is 2.86. The summed E-state index contributed by atoms with van der Waals surface area (Å²) < 4.78 is 38.9. The zero-order valence-electron chi connectivity index (χ0n) is 19.9. The number of rotatable bonds is 7. The molecule has 5 rings (SSSR count). The molecule has 1 N–H and O–H groups in total. The van der Waals surface area contributed by atoms with Crippen molar-refractivity contribution in [1.82, 2.24) is 4.90 Å². The van der Waals surface area contributed by atoms with E-state index in [0.717, 1.165) is 47.7 Å². The number of ether oxygens (including phenoxy) is 2. The van der Waals surface area contributed by atoms with Crippen LogP contribution in [0.25, 0.3) is 11.1 Å². The molecule has 3 aromatic carbocycles. The molecule has 0 radical (unpaired) electrons. The predicted octanol–water partition coefficient (Wildman–Crippen LogP) is 5.75. The molecule has 0 amide bonds. The molecule has 0 aromatic heterocycles. The first kappa shape index (κ1) is 23.8. The summed E-state index contributed by atoms with van der Waals surface area (Å²) in [4.78, 5) is 2.17. The molecule has 1 fully saturated rings. The molecular weight excluding hydrogens is 462 g/mol. The number of fused-ring (bicyclic) bond motifs is 1. The minimum Gasteiger partial charge on any atom is -0.508 e. The number of phenols is 1. The largest absolute Gasteiger partial charge is 0.508 e. The summed E-state index contributed by atoms with van der Waals surface area (Å²) in [5.74, 6) is 1.04. The molecule has 0 spiro atoms. The highest BCUT2D eigenvalue weighted by Gasteiger charge is 2.30. The highest BCUT2D eigenvalue weighted by molar-refractivity contribution is 5.95. The number of allylic oxidation sites excluding steroid dienone is 1. The van der Waals surface area contributed by atoms with Gasteiger partial charge in [0.2, 0.25) is 0 Å². The third-order valence-electron chi connectivity index (χ3n) is 6.79. The second-order valence-corrected chi connectivity index (χ2v) is 9.22. The maximum Gasteiger partial charge on any atom is 0.150 e. The van der Waals surface area contributed by atoms with Gasteiger partial charge in [0, 0.05) is 36.7 Å². The number of alkyl halides is 1. The minimum atomic E-state index is -0.578. The van der Waals surface area contributed by atoms with E-state index < -0.39 is 11.9 Å². The minimum absolute atomic E-state index is 0.0444. The first-order valence-corrected chi connectivity index (χ1v) is 11.9. The van der Waals surface area contributed by atoms with Gasteiger partial charge in [-0.05, 0) is 66.1 Å². The molecule has 0 saturated carbocycles. The molecule has 3 aromatic rings. The van der Waals surface area contributed by atoms with Gasteiger partial charge in [-0.3, -0.25) is 9.29 Å². The van der Waals surface area contributed by atoms with Gasteiger partial charge in [0.1, 0.15) is 41.8 Å². The van der Waals surface area contributed by atoms with E-state index in [4.69, 9.17) is 9.47 Å². The van der Waals surface area contributed by atoms with Crippen LogP contribution >= 0.6 is 0 Å². The number of nitrogens with zero attached hydrogens (tertiary/aromatic N) is 2. The monoisotopic (exact) mass is 488 g/mol. The smallest absolute Gasteiger partial charge is 0.150 e. The van der Waals surface area contributed by atoms with Gasteiger partial charge in [0.05, 0.1) is 12.2 Å². The molecule has 2 heterocycles. The summed E-state index contributed by atoms with van der Waals surface area (Å²) in [5.41, 5.74) is 3.90. The zero-order valence-corrected chi connectivity index (χ0v) is 19.9. The summed E-state index contributed by atoms with van der Waals surface area (Å²) in [5, 5.41) is 19.4. The van der Waals surface area contributed by atoms with Gasteiger partial charge in [-0.15, -0.1) is 0 Å². The Labute approximate surface area is 208 Å².